The van der Waals surface area contributed by atoms with E-state index >= 15 is 0 Å². The smallest absolute Gasteiger partial charge is 0.258 e. The Morgan fingerprint density at radius 3 is 3.22 bits per heavy atom. The number of fused-ring (bicyclic) bond motifs is 1. The lowest BCUT2D eigenvalue weighted by Crippen LogP contribution is -2.11. The number of hydrogen-bond acceptors (Lipinski definition) is 4. The third-order valence-corrected chi connectivity index (χ3v) is 4.91. The number of thiophene rings is 1. The van der Waals surface area contributed by atoms with Crippen LogP contribution >= 0.6 is 22.7 Å². The van der Waals surface area contributed by atoms with E-state index < -0.39 is 0 Å². The second kappa shape index (κ2) is 4.82. The van der Waals surface area contributed by atoms with Crippen LogP contribution in [0.2, 0.25) is 0 Å². The Labute approximate surface area is 114 Å². The van der Waals surface area contributed by atoms with Gasteiger partial charge in [0.2, 0.25) is 0 Å². The predicted molar refractivity (Wildman–Crippen MR) is 75.6 cm³/mol. The van der Waals surface area contributed by atoms with Crippen LogP contribution in [-0.4, -0.2) is 10.9 Å². The summed E-state index contributed by atoms with van der Waals surface area (Å²) in [6, 6.07) is 1.83. The average Bonchev–Trinajstić information content (AvgIpc) is 2.95. The van der Waals surface area contributed by atoms with Gasteiger partial charge in [-0.25, -0.2) is 4.98 Å². The average molecular weight is 278 g/mol. The number of rotatable bonds is 2. The molecule has 3 nitrogen and oxygen atoms in total. The Bertz CT molecular complexity index is 560. The maximum Gasteiger partial charge on any atom is 0.258 e. The fourth-order valence-corrected chi connectivity index (χ4v) is 3.96. The van der Waals surface area contributed by atoms with Crippen molar-refractivity contribution in [1.82, 2.24) is 4.98 Å². The SMILES string of the molecule is CC1CCc2nc(NC(=O)c3ccsc3)sc2C1. The number of thiazole rings is 1. The number of aromatic nitrogens is 1. The van der Waals surface area contributed by atoms with Crippen LogP contribution < -0.4 is 5.32 Å². The van der Waals surface area contributed by atoms with Crippen molar-refractivity contribution in [3.63, 3.8) is 0 Å². The summed E-state index contributed by atoms with van der Waals surface area (Å²) in [5.74, 6) is 0.675. The number of hydrogen-bond donors (Lipinski definition) is 1. The molecule has 5 heteroatoms. The topological polar surface area (TPSA) is 42.0 Å². The van der Waals surface area contributed by atoms with Crippen molar-refractivity contribution in [1.29, 1.82) is 0 Å². The second-order valence-electron chi connectivity index (χ2n) is 4.70. The highest BCUT2D eigenvalue weighted by atomic mass is 32.1. The van der Waals surface area contributed by atoms with Gasteiger partial charge >= 0.3 is 0 Å². The van der Waals surface area contributed by atoms with E-state index in [-0.39, 0.29) is 5.91 Å². The molecule has 1 aliphatic rings. The van der Waals surface area contributed by atoms with Gasteiger partial charge in [0.1, 0.15) is 0 Å². The van der Waals surface area contributed by atoms with Gasteiger partial charge in [0.05, 0.1) is 11.3 Å². The minimum absolute atomic E-state index is 0.0598. The lowest BCUT2D eigenvalue weighted by atomic mass is 9.93. The van der Waals surface area contributed by atoms with E-state index in [4.69, 9.17) is 0 Å². The van der Waals surface area contributed by atoms with Gasteiger partial charge in [0.25, 0.3) is 5.91 Å². The van der Waals surface area contributed by atoms with Crippen LogP contribution in [0.1, 0.15) is 34.3 Å². The molecule has 0 bridgehead atoms. The zero-order chi connectivity index (χ0) is 12.5. The van der Waals surface area contributed by atoms with Crippen molar-refractivity contribution >= 4 is 33.7 Å². The Morgan fingerprint density at radius 1 is 1.56 bits per heavy atom. The number of anilines is 1. The normalized spacial score (nSPS) is 18.4. The first-order chi connectivity index (χ1) is 8.72. The molecule has 0 radical (unpaired) electrons. The summed E-state index contributed by atoms with van der Waals surface area (Å²) >= 11 is 3.15. The van der Waals surface area contributed by atoms with E-state index in [1.165, 1.54) is 28.3 Å². The predicted octanol–water partition coefficient (Wildman–Crippen LogP) is 3.58. The molecular formula is C13H14N2OS2. The first kappa shape index (κ1) is 11.9. The molecule has 2 aromatic heterocycles. The number of carbonyl (C=O) groups is 1. The third-order valence-electron chi connectivity index (χ3n) is 3.19. The molecule has 1 atom stereocenters. The van der Waals surface area contributed by atoms with Crippen LogP contribution in [0.25, 0.3) is 0 Å². The molecular weight excluding hydrogens is 264 g/mol. The van der Waals surface area contributed by atoms with Crippen LogP contribution in [-0.2, 0) is 12.8 Å². The first-order valence-corrected chi connectivity index (χ1v) is 7.80. The third kappa shape index (κ3) is 2.33. The van der Waals surface area contributed by atoms with Gasteiger partial charge < -0.3 is 0 Å². The van der Waals surface area contributed by atoms with Crippen LogP contribution in [0.4, 0.5) is 5.13 Å². The van der Waals surface area contributed by atoms with Crippen molar-refractivity contribution in [2.75, 3.05) is 5.32 Å². The molecule has 0 saturated heterocycles. The summed E-state index contributed by atoms with van der Waals surface area (Å²) in [7, 11) is 0. The Kier molecular flexibility index (Phi) is 3.18. The number of nitrogens with one attached hydrogen (secondary N) is 1. The summed E-state index contributed by atoms with van der Waals surface area (Å²) in [6.45, 7) is 2.27. The fraction of sp³-hybridized carbons (Fsp3) is 0.385. The standard InChI is InChI=1S/C13H14N2OS2/c1-8-2-3-10-11(6-8)18-13(14-10)15-12(16)9-4-5-17-7-9/h4-5,7-8H,2-3,6H2,1H3,(H,14,15,16). The Balaban J connectivity index is 1.76. The van der Waals surface area contributed by atoms with E-state index in [1.807, 2.05) is 16.8 Å². The minimum atomic E-state index is -0.0598. The maximum absolute atomic E-state index is 11.9. The number of aryl methyl sites for hydroxylation is 1. The van der Waals surface area contributed by atoms with Gasteiger partial charge in [0, 0.05) is 10.3 Å². The van der Waals surface area contributed by atoms with Crippen LogP contribution in [0.15, 0.2) is 16.8 Å². The summed E-state index contributed by atoms with van der Waals surface area (Å²) in [5, 5.41) is 7.39. The largest absolute Gasteiger partial charge is 0.298 e. The molecule has 1 unspecified atom stereocenters. The van der Waals surface area contributed by atoms with E-state index in [2.05, 4.69) is 17.2 Å². The monoisotopic (exact) mass is 278 g/mol. The van der Waals surface area contributed by atoms with E-state index in [1.54, 1.807) is 11.3 Å². The van der Waals surface area contributed by atoms with Crippen molar-refractivity contribution < 1.29 is 4.79 Å². The highest BCUT2D eigenvalue weighted by molar-refractivity contribution is 7.16. The molecule has 2 aromatic rings. The van der Waals surface area contributed by atoms with E-state index in [0.29, 0.717) is 5.56 Å². The van der Waals surface area contributed by atoms with Crippen molar-refractivity contribution in [2.24, 2.45) is 5.92 Å². The van der Waals surface area contributed by atoms with Gasteiger partial charge in [-0.05, 0) is 36.6 Å². The molecule has 3 rings (SSSR count). The molecule has 0 aliphatic heterocycles. The lowest BCUT2D eigenvalue weighted by Gasteiger charge is -2.15. The number of carbonyl (C=O) groups excluding carboxylic acids is 1. The number of amides is 1. The summed E-state index contributed by atoms with van der Waals surface area (Å²) in [6.07, 6.45) is 3.34. The molecule has 1 aliphatic carbocycles. The molecule has 0 aromatic carbocycles. The Hall–Kier alpha value is -1.20. The van der Waals surface area contributed by atoms with Crippen LogP contribution in [0.5, 0.6) is 0 Å². The molecule has 0 saturated carbocycles. The zero-order valence-electron chi connectivity index (χ0n) is 10.1. The molecule has 18 heavy (non-hydrogen) atoms. The van der Waals surface area contributed by atoms with Crippen LogP contribution in [0, 0.1) is 5.92 Å². The van der Waals surface area contributed by atoms with Gasteiger partial charge in [-0.3, -0.25) is 10.1 Å². The van der Waals surface area contributed by atoms with Gasteiger partial charge in [-0.15, -0.1) is 11.3 Å². The Morgan fingerprint density at radius 2 is 2.44 bits per heavy atom. The molecule has 0 fully saturated rings. The van der Waals surface area contributed by atoms with Gasteiger partial charge in [-0.2, -0.15) is 11.3 Å². The molecule has 1 amide bonds. The van der Waals surface area contributed by atoms with Crippen molar-refractivity contribution in [3.05, 3.63) is 33.0 Å². The van der Waals surface area contributed by atoms with Crippen LogP contribution in [0.3, 0.4) is 0 Å². The highest BCUT2D eigenvalue weighted by Gasteiger charge is 2.20. The first-order valence-electron chi connectivity index (χ1n) is 6.04. The molecule has 0 spiro atoms. The van der Waals surface area contributed by atoms with E-state index in [0.717, 1.165) is 23.9 Å². The zero-order valence-corrected chi connectivity index (χ0v) is 11.7. The highest BCUT2D eigenvalue weighted by Crippen LogP contribution is 2.32. The van der Waals surface area contributed by atoms with Crippen molar-refractivity contribution in [3.8, 4) is 0 Å². The second-order valence-corrected chi connectivity index (χ2v) is 6.57. The molecule has 2 heterocycles. The van der Waals surface area contributed by atoms with Gasteiger partial charge in [-0.1, -0.05) is 6.92 Å². The van der Waals surface area contributed by atoms with Crippen molar-refractivity contribution in [2.45, 2.75) is 26.2 Å². The number of nitrogens with zero attached hydrogens (tertiary/aromatic N) is 1. The van der Waals surface area contributed by atoms with E-state index in [9.17, 15) is 4.79 Å². The molecule has 94 valence electrons. The fourth-order valence-electron chi connectivity index (χ4n) is 2.16. The van der Waals surface area contributed by atoms with Gasteiger partial charge in [0.15, 0.2) is 5.13 Å². The summed E-state index contributed by atoms with van der Waals surface area (Å²) in [5.41, 5.74) is 1.89. The summed E-state index contributed by atoms with van der Waals surface area (Å²) in [4.78, 5) is 17.8. The minimum Gasteiger partial charge on any atom is -0.298 e. The quantitative estimate of drug-likeness (QED) is 0.912. The molecule has 1 N–H and O–H groups in total. The summed E-state index contributed by atoms with van der Waals surface area (Å²) < 4.78 is 0. The lowest BCUT2D eigenvalue weighted by molar-refractivity contribution is 0.102. The maximum atomic E-state index is 11.9.